The number of ether oxygens (including phenoxy) is 1. The molecule has 11 aromatic carbocycles. The number of hydrogen-bond acceptors (Lipinski definition) is 2. The summed E-state index contributed by atoms with van der Waals surface area (Å²) in [6.07, 6.45) is 0. The third-order valence-corrected chi connectivity index (χ3v) is 14.5. The number of anilines is 3. The first kappa shape index (κ1) is 37.6. The van der Waals surface area contributed by atoms with E-state index < -0.39 is 5.41 Å². The largest absolute Gasteiger partial charge is 0.456 e. The van der Waals surface area contributed by atoms with Crippen LogP contribution in [0, 0.1) is 0 Å². The lowest BCUT2D eigenvalue weighted by atomic mass is 9.65. The molecule has 67 heavy (non-hydrogen) atoms. The maximum absolute atomic E-state index is 6.77. The topological polar surface area (TPSA) is 12.5 Å². The Balaban J connectivity index is 1.03. The Morgan fingerprint density at radius 1 is 0.254 bits per heavy atom. The van der Waals surface area contributed by atoms with Crippen LogP contribution in [0.1, 0.15) is 22.3 Å². The molecule has 312 valence electrons. The van der Waals surface area contributed by atoms with Crippen LogP contribution >= 0.6 is 0 Å². The van der Waals surface area contributed by atoms with Gasteiger partial charge in [0.05, 0.1) is 5.41 Å². The quantitative estimate of drug-likeness (QED) is 0.175. The Bertz CT molecular complexity index is 3720. The van der Waals surface area contributed by atoms with E-state index in [1.54, 1.807) is 0 Å². The molecular formula is C65H41NO. The first-order valence-corrected chi connectivity index (χ1v) is 23.2. The Labute approximate surface area is 390 Å². The summed E-state index contributed by atoms with van der Waals surface area (Å²) in [5.74, 6) is 1.70. The van der Waals surface area contributed by atoms with Crippen LogP contribution < -0.4 is 9.64 Å². The number of nitrogens with zero attached hydrogens (tertiary/aromatic N) is 1. The van der Waals surface area contributed by atoms with Gasteiger partial charge in [-0.2, -0.15) is 0 Å². The average molecular weight is 852 g/mol. The molecule has 0 fully saturated rings. The SMILES string of the molecule is c1ccc(-c2ccc(N(c3ccc4c(c3)-c3ccccc3-c3ccccc3O4)c3ccc4c(c3)-c3cc5ccccc5cc3C43c4ccccc4-c4ccccc4-c4ccccc43)cc2)cc1. The summed E-state index contributed by atoms with van der Waals surface area (Å²) >= 11 is 0. The molecule has 0 aromatic heterocycles. The van der Waals surface area contributed by atoms with Crippen molar-refractivity contribution < 1.29 is 4.74 Å². The zero-order valence-corrected chi connectivity index (χ0v) is 36.5. The summed E-state index contributed by atoms with van der Waals surface area (Å²) in [4.78, 5) is 2.42. The first-order valence-electron chi connectivity index (χ1n) is 23.2. The minimum absolute atomic E-state index is 0.596. The smallest absolute Gasteiger partial charge is 0.135 e. The van der Waals surface area contributed by atoms with Crippen molar-refractivity contribution in [3.05, 3.63) is 271 Å². The Hall–Kier alpha value is -8.72. The lowest BCUT2D eigenvalue weighted by Gasteiger charge is -2.35. The van der Waals surface area contributed by atoms with Gasteiger partial charge in [-0.25, -0.2) is 0 Å². The highest BCUT2D eigenvalue weighted by Gasteiger charge is 2.50. The van der Waals surface area contributed by atoms with Crippen LogP contribution in [0.15, 0.2) is 249 Å². The number of benzene rings is 11. The highest BCUT2D eigenvalue weighted by atomic mass is 16.5. The molecule has 0 N–H and O–H groups in total. The summed E-state index contributed by atoms with van der Waals surface area (Å²) in [6.45, 7) is 0. The molecule has 2 nitrogen and oxygen atoms in total. The standard InChI is InChI=1S/C65H41NO/c1-2-16-42(17-3-1)43-30-32-46(33-31-43)66(48-35-37-64-58(41-48)52-23-9-8-22-51(52)55-26-12-15-29-63(55)67-64)47-34-36-61-57(40-47)56-38-44-18-4-5-19-45(44)39-62(56)65(61)59-27-13-10-24-53(59)49-20-6-7-21-50(49)54-25-11-14-28-60(54)65/h1-41H. The molecule has 1 spiro atoms. The Morgan fingerprint density at radius 3 is 1.36 bits per heavy atom. The second-order valence-corrected chi connectivity index (χ2v) is 17.9. The summed E-state index contributed by atoms with van der Waals surface area (Å²) < 4.78 is 6.77. The number of hydrogen-bond donors (Lipinski definition) is 0. The fourth-order valence-corrected chi connectivity index (χ4v) is 11.6. The molecule has 3 aliphatic rings. The van der Waals surface area contributed by atoms with Gasteiger partial charge in [0.25, 0.3) is 0 Å². The van der Waals surface area contributed by atoms with Gasteiger partial charge >= 0.3 is 0 Å². The van der Waals surface area contributed by atoms with Gasteiger partial charge < -0.3 is 9.64 Å². The van der Waals surface area contributed by atoms with E-state index in [-0.39, 0.29) is 0 Å². The van der Waals surface area contributed by atoms with Crippen molar-refractivity contribution in [3.63, 3.8) is 0 Å². The maximum atomic E-state index is 6.77. The predicted octanol–water partition coefficient (Wildman–Crippen LogP) is 17.4. The van der Waals surface area contributed by atoms with Crippen LogP contribution in [0.25, 0.3) is 77.5 Å². The monoisotopic (exact) mass is 851 g/mol. The lowest BCUT2D eigenvalue weighted by molar-refractivity contribution is 0.488. The summed E-state index contributed by atoms with van der Waals surface area (Å²) in [6, 6.07) is 91.6. The summed E-state index contributed by atoms with van der Waals surface area (Å²) in [5, 5.41) is 2.46. The van der Waals surface area contributed by atoms with Gasteiger partial charge in [-0.05, 0) is 149 Å². The predicted molar refractivity (Wildman–Crippen MR) is 277 cm³/mol. The van der Waals surface area contributed by atoms with Gasteiger partial charge in [0.2, 0.25) is 0 Å². The Kier molecular flexibility index (Phi) is 8.23. The Morgan fingerprint density at radius 2 is 0.687 bits per heavy atom. The molecule has 0 radical (unpaired) electrons. The molecule has 0 saturated carbocycles. The van der Waals surface area contributed by atoms with Crippen LogP contribution in [0.3, 0.4) is 0 Å². The van der Waals surface area contributed by atoms with E-state index in [1.165, 1.54) is 77.5 Å². The van der Waals surface area contributed by atoms with E-state index in [4.69, 9.17) is 4.74 Å². The minimum atomic E-state index is -0.596. The van der Waals surface area contributed by atoms with Crippen LogP contribution in [0.2, 0.25) is 0 Å². The molecule has 14 rings (SSSR count). The van der Waals surface area contributed by atoms with Crippen LogP contribution in [-0.2, 0) is 5.41 Å². The molecule has 11 aromatic rings. The molecule has 0 saturated heterocycles. The molecule has 0 unspecified atom stereocenters. The first-order chi connectivity index (χ1) is 33.2. The van der Waals surface area contributed by atoms with Gasteiger partial charge in [0.1, 0.15) is 11.5 Å². The van der Waals surface area contributed by atoms with Gasteiger partial charge in [-0.1, -0.05) is 188 Å². The van der Waals surface area contributed by atoms with E-state index in [0.717, 1.165) is 50.8 Å². The third kappa shape index (κ3) is 5.57. The van der Waals surface area contributed by atoms with Gasteiger partial charge in [0.15, 0.2) is 0 Å². The van der Waals surface area contributed by atoms with Gasteiger partial charge in [0, 0.05) is 28.2 Å². The number of rotatable bonds is 4. The molecule has 2 aliphatic carbocycles. The van der Waals surface area contributed by atoms with Crippen molar-refractivity contribution in [2.24, 2.45) is 0 Å². The molecular weight excluding hydrogens is 811 g/mol. The van der Waals surface area contributed by atoms with Gasteiger partial charge in [-0.3, -0.25) is 0 Å². The zero-order chi connectivity index (χ0) is 44.1. The van der Waals surface area contributed by atoms with E-state index >= 15 is 0 Å². The molecule has 2 heteroatoms. The van der Waals surface area contributed by atoms with E-state index in [9.17, 15) is 0 Å². The summed E-state index contributed by atoms with van der Waals surface area (Å²) in [7, 11) is 0. The minimum Gasteiger partial charge on any atom is -0.456 e. The van der Waals surface area contributed by atoms with Crippen molar-refractivity contribution in [1.82, 2.24) is 0 Å². The normalized spacial score (nSPS) is 13.0. The van der Waals surface area contributed by atoms with Crippen molar-refractivity contribution >= 4 is 27.8 Å². The van der Waals surface area contributed by atoms with E-state index in [1.807, 2.05) is 6.07 Å². The summed E-state index contributed by atoms with van der Waals surface area (Å²) in [5.41, 5.74) is 22.1. The maximum Gasteiger partial charge on any atom is 0.135 e. The van der Waals surface area contributed by atoms with Crippen molar-refractivity contribution in [2.45, 2.75) is 5.41 Å². The molecule has 0 amide bonds. The molecule has 0 bridgehead atoms. The molecule has 1 aliphatic heterocycles. The average Bonchev–Trinajstić information content (AvgIpc) is 3.51. The van der Waals surface area contributed by atoms with E-state index in [2.05, 4.69) is 248 Å². The molecule has 1 heterocycles. The lowest BCUT2D eigenvalue weighted by Crippen LogP contribution is -2.29. The third-order valence-electron chi connectivity index (χ3n) is 14.5. The van der Waals surface area contributed by atoms with Crippen LogP contribution in [0.4, 0.5) is 17.1 Å². The zero-order valence-electron chi connectivity index (χ0n) is 36.5. The van der Waals surface area contributed by atoms with Crippen LogP contribution in [-0.4, -0.2) is 0 Å². The second-order valence-electron chi connectivity index (χ2n) is 17.9. The second kappa shape index (κ2) is 14.7. The highest BCUT2D eigenvalue weighted by molar-refractivity contribution is 6.02. The van der Waals surface area contributed by atoms with Crippen molar-refractivity contribution in [2.75, 3.05) is 4.90 Å². The van der Waals surface area contributed by atoms with E-state index in [0.29, 0.717) is 0 Å². The van der Waals surface area contributed by atoms with Crippen molar-refractivity contribution in [3.8, 4) is 78.3 Å². The van der Waals surface area contributed by atoms with Gasteiger partial charge in [-0.15, -0.1) is 0 Å². The highest BCUT2D eigenvalue weighted by Crippen LogP contribution is 2.63. The van der Waals surface area contributed by atoms with Crippen LogP contribution in [0.5, 0.6) is 11.5 Å². The fraction of sp³-hybridized carbons (Fsp3) is 0.0154. The fourth-order valence-electron chi connectivity index (χ4n) is 11.6. The number of para-hydroxylation sites is 1. The molecule has 0 atom stereocenters. The van der Waals surface area contributed by atoms with Crippen molar-refractivity contribution in [1.29, 1.82) is 0 Å². The number of fused-ring (bicyclic) bond motifs is 18.